The molecule has 112 valence electrons. The van der Waals surface area contributed by atoms with Gasteiger partial charge in [0.2, 0.25) is 5.91 Å². The topological polar surface area (TPSA) is 84.9 Å². The Hall–Kier alpha value is -1.14. The van der Waals surface area contributed by atoms with E-state index in [2.05, 4.69) is 5.32 Å². The average Bonchev–Trinajstić information content (AvgIpc) is 2.34. The number of aliphatic carboxylic acids is 1. The van der Waals surface area contributed by atoms with Gasteiger partial charge in [0.1, 0.15) is 11.6 Å². The molecule has 0 radical (unpaired) electrons. The first-order chi connectivity index (χ1) is 8.87. The number of hydrogen-bond acceptors (Lipinski definition) is 4. The van der Waals surface area contributed by atoms with Gasteiger partial charge in [0.15, 0.2) is 0 Å². The van der Waals surface area contributed by atoms with Crippen LogP contribution in [0.5, 0.6) is 0 Å². The Bertz CT molecular complexity index is 295. The van der Waals surface area contributed by atoms with Gasteiger partial charge in [-0.25, -0.2) is 4.79 Å². The van der Waals surface area contributed by atoms with Crippen LogP contribution >= 0.6 is 0 Å². The average molecular weight is 275 g/mol. The first-order valence-corrected chi connectivity index (χ1v) is 6.62. The van der Waals surface area contributed by atoms with Crippen LogP contribution in [-0.2, 0) is 19.1 Å². The monoisotopic (exact) mass is 275 g/mol. The van der Waals surface area contributed by atoms with E-state index in [0.29, 0.717) is 32.7 Å². The van der Waals surface area contributed by atoms with E-state index >= 15 is 0 Å². The molecular weight excluding hydrogens is 250 g/mol. The van der Waals surface area contributed by atoms with E-state index in [1.165, 1.54) is 6.92 Å². The van der Waals surface area contributed by atoms with Crippen LogP contribution < -0.4 is 5.32 Å². The number of carbonyl (C=O) groups is 2. The summed E-state index contributed by atoms with van der Waals surface area (Å²) in [7, 11) is 0. The van der Waals surface area contributed by atoms with E-state index in [-0.39, 0.29) is 0 Å². The molecule has 0 aliphatic heterocycles. The lowest BCUT2D eigenvalue weighted by Crippen LogP contribution is -2.54. The molecule has 1 amide bonds. The van der Waals surface area contributed by atoms with Gasteiger partial charge < -0.3 is 19.9 Å². The van der Waals surface area contributed by atoms with E-state index in [9.17, 15) is 9.59 Å². The highest BCUT2D eigenvalue weighted by molar-refractivity contribution is 5.88. The second-order valence-electron chi connectivity index (χ2n) is 4.59. The molecule has 2 N–H and O–H groups in total. The lowest BCUT2D eigenvalue weighted by Gasteiger charge is -2.27. The quantitative estimate of drug-likeness (QED) is 0.585. The third-order valence-electron chi connectivity index (χ3n) is 2.79. The summed E-state index contributed by atoms with van der Waals surface area (Å²) in [6, 6.07) is 0. The molecule has 2 unspecified atom stereocenters. The molecule has 0 aromatic rings. The van der Waals surface area contributed by atoms with Crippen molar-refractivity contribution in [2.75, 3.05) is 19.8 Å². The zero-order valence-electron chi connectivity index (χ0n) is 12.2. The van der Waals surface area contributed by atoms with Crippen molar-refractivity contribution >= 4 is 11.9 Å². The maximum Gasteiger partial charge on any atom is 0.329 e. The molecule has 0 aromatic heterocycles. The third kappa shape index (κ3) is 6.54. The van der Waals surface area contributed by atoms with Crippen LogP contribution in [0.2, 0.25) is 0 Å². The summed E-state index contributed by atoms with van der Waals surface area (Å²) in [4.78, 5) is 23.1. The summed E-state index contributed by atoms with van der Waals surface area (Å²) in [5, 5.41) is 11.7. The van der Waals surface area contributed by atoms with Crippen LogP contribution in [0.1, 0.15) is 40.5 Å². The van der Waals surface area contributed by atoms with Crippen molar-refractivity contribution in [1.29, 1.82) is 0 Å². The van der Waals surface area contributed by atoms with Crippen molar-refractivity contribution in [3.8, 4) is 0 Å². The molecule has 0 saturated heterocycles. The van der Waals surface area contributed by atoms with Crippen LogP contribution in [0.25, 0.3) is 0 Å². The molecule has 0 saturated carbocycles. The van der Waals surface area contributed by atoms with Crippen LogP contribution in [0.15, 0.2) is 0 Å². The number of hydrogen-bond donors (Lipinski definition) is 2. The van der Waals surface area contributed by atoms with Crippen molar-refractivity contribution in [3.05, 3.63) is 0 Å². The van der Waals surface area contributed by atoms with Crippen molar-refractivity contribution < 1.29 is 24.2 Å². The van der Waals surface area contributed by atoms with E-state index in [0.717, 1.165) is 0 Å². The normalized spacial score (nSPS) is 15.6. The maximum atomic E-state index is 11.9. The van der Waals surface area contributed by atoms with Crippen molar-refractivity contribution in [2.45, 2.75) is 52.2 Å². The molecule has 0 fully saturated rings. The number of carboxylic acids is 1. The molecular formula is C13H25NO5. The van der Waals surface area contributed by atoms with Gasteiger partial charge in [-0.05, 0) is 27.2 Å². The lowest BCUT2D eigenvalue weighted by atomic mass is 9.96. The molecule has 0 heterocycles. The summed E-state index contributed by atoms with van der Waals surface area (Å²) in [6.07, 6.45) is 0.346. The number of rotatable bonds is 10. The number of amides is 1. The van der Waals surface area contributed by atoms with Crippen LogP contribution in [0.4, 0.5) is 0 Å². The summed E-state index contributed by atoms with van der Waals surface area (Å²) in [5.74, 6) is -1.46. The van der Waals surface area contributed by atoms with Crippen LogP contribution in [0, 0.1) is 0 Å². The number of carbonyl (C=O) groups excluding carboxylic acids is 1. The van der Waals surface area contributed by atoms with Gasteiger partial charge in [-0.3, -0.25) is 4.79 Å². The first kappa shape index (κ1) is 17.9. The third-order valence-corrected chi connectivity index (χ3v) is 2.79. The smallest absolute Gasteiger partial charge is 0.329 e. The second kappa shape index (κ2) is 8.87. The largest absolute Gasteiger partial charge is 0.480 e. The Morgan fingerprint density at radius 2 is 1.95 bits per heavy atom. The number of carboxylic acid groups (broad SMARTS) is 1. The molecule has 6 heteroatoms. The zero-order chi connectivity index (χ0) is 14.9. The molecule has 0 aliphatic rings. The fraction of sp³-hybridized carbons (Fsp3) is 0.846. The lowest BCUT2D eigenvalue weighted by molar-refractivity contribution is -0.149. The minimum atomic E-state index is -1.25. The highest BCUT2D eigenvalue weighted by atomic mass is 16.5. The molecule has 6 nitrogen and oxygen atoms in total. The van der Waals surface area contributed by atoms with Gasteiger partial charge in [-0.1, -0.05) is 13.3 Å². The van der Waals surface area contributed by atoms with Gasteiger partial charge in [0.25, 0.3) is 0 Å². The maximum absolute atomic E-state index is 11.9. The minimum Gasteiger partial charge on any atom is -0.480 e. The van der Waals surface area contributed by atoms with Crippen LogP contribution in [-0.4, -0.2) is 48.4 Å². The molecule has 0 spiro atoms. The van der Waals surface area contributed by atoms with Crippen molar-refractivity contribution in [2.24, 2.45) is 0 Å². The SMILES string of the molecule is CCCC(C)(NC(=O)C(C)OCCOCC)C(=O)O. The van der Waals surface area contributed by atoms with E-state index in [1.807, 2.05) is 13.8 Å². The van der Waals surface area contributed by atoms with Crippen molar-refractivity contribution in [3.63, 3.8) is 0 Å². The second-order valence-corrected chi connectivity index (χ2v) is 4.59. The minimum absolute atomic E-state index is 0.306. The molecule has 2 atom stereocenters. The van der Waals surface area contributed by atoms with E-state index in [1.54, 1.807) is 6.92 Å². The Balaban J connectivity index is 4.28. The van der Waals surface area contributed by atoms with Crippen LogP contribution in [0.3, 0.4) is 0 Å². The highest BCUT2D eigenvalue weighted by Crippen LogP contribution is 2.13. The summed E-state index contributed by atoms with van der Waals surface area (Å²) in [6.45, 7) is 8.16. The standard InChI is InChI=1S/C13H25NO5/c1-5-7-13(4,12(16)17)14-11(15)10(3)19-9-8-18-6-2/h10H,5-9H2,1-4H3,(H,14,15)(H,16,17). The molecule has 0 aliphatic carbocycles. The number of ether oxygens (including phenoxy) is 2. The number of nitrogens with one attached hydrogen (secondary N) is 1. The predicted octanol–water partition coefficient (Wildman–Crippen LogP) is 1.19. The summed E-state index contributed by atoms with van der Waals surface area (Å²) < 4.78 is 10.4. The predicted molar refractivity (Wildman–Crippen MR) is 71.0 cm³/mol. The fourth-order valence-electron chi connectivity index (χ4n) is 1.60. The van der Waals surface area contributed by atoms with Gasteiger partial charge in [-0.2, -0.15) is 0 Å². The van der Waals surface area contributed by atoms with E-state index < -0.39 is 23.5 Å². The Morgan fingerprint density at radius 1 is 1.32 bits per heavy atom. The molecule has 0 aromatic carbocycles. The highest BCUT2D eigenvalue weighted by Gasteiger charge is 2.35. The Morgan fingerprint density at radius 3 is 2.42 bits per heavy atom. The first-order valence-electron chi connectivity index (χ1n) is 6.62. The Kier molecular flexibility index (Phi) is 8.34. The van der Waals surface area contributed by atoms with Gasteiger partial charge >= 0.3 is 5.97 Å². The zero-order valence-corrected chi connectivity index (χ0v) is 12.2. The van der Waals surface area contributed by atoms with Gasteiger partial charge in [0, 0.05) is 6.61 Å². The van der Waals surface area contributed by atoms with Gasteiger partial charge in [0.05, 0.1) is 13.2 Å². The molecule has 0 bridgehead atoms. The fourth-order valence-corrected chi connectivity index (χ4v) is 1.60. The summed E-state index contributed by atoms with van der Waals surface area (Å²) in [5.41, 5.74) is -1.25. The molecule has 19 heavy (non-hydrogen) atoms. The summed E-state index contributed by atoms with van der Waals surface area (Å²) >= 11 is 0. The van der Waals surface area contributed by atoms with Crippen molar-refractivity contribution in [1.82, 2.24) is 5.32 Å². The van der Waals surface area contributed by atoms with E-state index in [4.69, 9.17) is 14.6 Å². The molecule has 0 rings (SSSR count). The van der Waals surface area contributed by atoms with Gasteiger partial charge in [-0.15, -0.1) is 0 Å². The Labute approximate surface area is 114 Å².